The van der Waals surface area contributed by atoms with Gasteiger partial charge in [0, 0.05) is 6.42 Å². The van der Waals surface area contributed by atoms with Crippen molar-refractivity contribution < 1.29 is 24.5 Å². The van der Waals surface area contributed by atoms with Gasteiger partial charge in [0.25, 0.3) is 0 Å². The smallest absolute Gasteiger partial charge is 0.306 e. The lowest BCUT2D eigenvalue weighted by Crippen LogP contribution is -2.46. The van der Waals surface area contributed by atoms with Crippen LogP contribution in [0, 0.1) is 0 Å². The Hall–Kier alpha value is -2.96. The number of aliphatic hydroxyl groups is 2. The van der Waals surface area contributed by atoms with Crippen LogP contribution < -0.4 is 5.32 Å². The lowest BCUT2D eigenvalue weighted by Gasteiger charge is -2.24. The van der Waals surface area contributed by atoms with Crippen molar-refractivity contribution >= 4 is 11.9 Å². The van der Waals surface area contributed by atoms with Crippen LogP contribution in [0.3, 0.4) is 0 Å². The summed E-state index contributed by atoms with van der Waals surface area (Å²) in [7, 11) is 0. The molecule has 3 atom stereocenters. The molecule has 6 nitrogen and oxygen atoms in total. The molecule has 3 unspecified atom stereocenters. The molecular formula is C53H91NO5. The van der Waals surface area contributed by atoms with Crippen LogP contribution >= 0.6 is 0 Å². The second kappa shape index (κ2) is 46.1. The van der Waals surface area contributed by atoms with Gasteiger partial charge in [0.2, 0.25) is 5.91 Å². The number of carbonyl (C=O) groups is 2. The first kappa shape index (κ1) is 56.0. The molecule has 0 saturated heterocycles. The first-order chi connectivity index (χ1) is 29.0. The highest BCUT2D eigenvalue weighted by Crippen LogP contribution is 2.16. The third-order valence-corrected chi connectivity index (χ3v) is 10.6. The maximum Gasteiger partial charge on any atom is 0.306 e. The van der Waals surface area contributed by atoms with Crippen LogP contribution in [0.5, 0.6) is 0 Å². The molecule has 338 valence electrons. The van der Waals surface area contributed by atoms with Crippen LogP contribution in [0.15, 0.2) is 85.1 Å². The van der Waals surface area contributed by atoms with E-state index in [1.807, 2.05) is 60.8 Å². The molecule has 0 rings (SSSR count). The molecule has 6 heteroatoms. The fraction of sp³-hybridized carbons (Fsp3) is 0.698. The molecule has 0 aromatic carbocycles. The molecule has 0 bridgehead atoms. The maximum atomic E-state index is 13.2. The fourth-order valence-electron chi connectivity index (χ4n) is 6.93. The molecular weight excluding hydrogens is 731 g/mol. The maximum absolute atomic E-state index is 13.2. The molecule has 0 aliphatic rings. The third-order valence-electron chi connectivity index (χ3n) is 10.6. The Kier molecular flexibility index (Phi) is 43.8. The SMILES string of the molecule is CC\C=C/C=C/C=C/C=C\C=C\C=C\CCCC(CC(=O)NC(CO)C(O)CCCCCCCCCCCCCC)OC(=O)CCCCC/C=C\CCCCCCCC. The van der Waals surface area contributed by atoms with Crippen LogP contribution in [0.25, 0.3) is 0 Å². The van der Waals surface area contributed by atoms with E-state index < -0.39 is 18.2 Å². The Bertz CT molecular complexity index is 1150. The lowest BCUT2D eigenvalue weighted by molar-refractivity contribution is -0.151. The van der Waals surface area contributed by atoms with Crippen molar-refractivity contribution in [3.8, 4) is 0 Å². The van der Waals surface area contributed by atoms with Gasteiger partial charge in [-0.05, 0) is 64.2 Å². The molecule has 0 radical (unpaired) electrons. The van der Waals surface area contributed by atoms with Gasteiger partial charge in [0.05, 0.1) is 25.2 Å². The minimum absolute atomic E-state index is 0.0168. The van der Waals surface area contributed by atoms with Gasteiger partial charge in [-0.15, -0.1) is 0 Å². The van der Waals surface area contributed by atoms with E-state index in [9.17, 15) is 19.8 Å². The van der Waals surface area contributed by atoms with Crippen LogP contribution in [0.1, 0.15) is 213 Å². The van der Waals surface area contributed by atoms with E-state index in [1.165, 1.54) is 96.3 Å². The molecule has 0 fully saturated rings. The van der Waals surface area contributed by atoms with E-state index in [0.717, 1.165) is 70.6 Å². The summed E-state index contributed by atoms with van der Waals surface area (Å²) in [6.07, 6.45) is 59.3. The van der Waals surface area contributed by atoms with Crippen molar-refractivity contribution in [2.75, 3.05) is 6.61 Å². The third kappa shape index (κ3) is 41.6. The van der Waals surface area contributed by atoms with E-state index in [2.05, 4.69) is 50.4 Å². The van der Waals surface area contributed by atoms with Gasteiger partial charge >= 0.3 is 5.97 Å². The molecule has 0 aliphatic carbocycles. The minimum Gasteiger partial charge on any atom is -0.462 e. The Morgan fingerprint density at radius 2 is 0.949 bits per heavy atom. The molecule has 0 heterocycles. The average Bonchev–Trinajstić information content (AvgIpc) is 3.23. The van der Waals surface area contributed by atoms with Gasteiger partial charge in [-0.3, -0.25) is 9.59 Å². The standard InChI is InChI=1S/C53H91NO5/c1-4-7-10-13-16-19-22-25-26-28-29-32-35-38-41-44-49(59-53(58)46-43-40-37-34-31-27-23-20-17-14-11-8-5-2)47-52(57)54-50(48-55)51(56)45-42-39-36-33-30-24-21-18-15-12-9-6-3/h7,10,13,16,19,22,25-29,31-32,35,49-51,55-56H,4-6,8-9,11-12,14-15,17-18,20-21,23-24,30,33-34,36-48H2,1-3H3,(H,54,57)/b10-7-,16-13+,22-19+,26-25-,29-28+,31-27-,35-32+. The topological polar surface area (TPSA) is 95.9 Å². The van der Waals surface area contributed by atoms with Gasteiger partial charge in [0.1, 0.15) is 6.10 Å². The molecule has 0 spiro atoms. The number of esters is 1. The average molecular weight is 822 g/mol. The number of aliphatic hydroxyl groups excluding tert-OH is 2. The Morgan fingerprint density at radius 1 is 0.508 bits per heavy atom. The second-order valence-corrected chi connectivity index (χ2v) is 16.3. The molecule has 0 aliphatic heterocycles. The number of hydrogen-bond donors (Lipinski definition) is 3. The number of ether oxygens (including phenoxy) is 1. The molecule has 59 heavy (non-hydrogen) atoms. The highest BCUT2D eigenvalue weighted by molar-refractivity contribution is 5.77. The van der Waals surface area contributed by atoms with Crippen molar-refractivity contribution in [1.29, 1.82) is 0 Å². The first-order valence-electron chi connectivity index (χ1n) is 24.4. The van der Waals surface area contributed by atoms with Gasteiger partial charge in [-0.2, -0.15) is 0 Å². The predicted octanol–water partition coefficient (Wildman–Crippen LogP) is 14.4. The quantitative estimate of drug-likeness (QED) is 0.0247. The van der Waals surface area contributed by atoms with Crippen molar-refractivity contribution in [2.24, 2.45) is 0 Å². The van der Waals surface area contributed by atoms with Crippen LogP contribution in [0.4, 0.5) is 0 Å². The molecule has 0 aromatic rings. The van der Waals surface area contributed by atoms with Crippen LogP contribution in [0.2, 0.25) is 0 Å². The lowest BCUT2D eigenvalue weighted by atomic mass is 10.0. The molecule has 3 N–H and O–H groups in total. The molecule has 0 saturated carbocycles. The highest BCUT2D eigenvalue weighted by atomic mass is 16.5. The zero-order valence-corrected chi connectivity index (χ0v) is 38.4. The summed E-state index contributed by atoms with van der Waals surface area (Å²) in [4.78, 5) is 26.0. The minimum atomic E-state index is -0.813. The van der Waals surface area contributed by atoms with E-state index in [1.54, 1.807) is 0 Å². The highest BCUT2D eigenvalue weighted by Gasteiger charge is 2.24. The Morgan fingerprint density at radius 3 is 1.46 bits per heavy atom. The molecule has 1 amide bonds. The number of rotatable bonds is 42. The number of carbonyl (C=O) groups excluding carboxylic acids is 2. The van der Waals surface area contributed by atoms with E-state index in [0.29, 0.717) is 19.3 Å². The first-order valence-corrected chi connectivity index (χ1v) is 24.4. The van der Waals surface area contributed by atoms with Gasteiger partial charge in [-0.25, -0.2) is 0 Å². The zero-order valence-electron chi connectivity index (χ0n) is 38.4. The predicted molar refractivity (Wildman–Crippen MR) is 254 cm³/mol. The van der Waals surface area contributed by atoms with E-state index in [-0.39, 0.29) is 24.9 Å². The van der Waals surface area contributed by atoms with Crippen molar-refractivity contribution in [3.05, 3.63) is 85.1 Å². The van der Waals surface area contributed by atoms with Gasteiger partial charge in [0.15, 0.2) is 0 Å². The van der Waals surface area contributed by atoms with Crippen LogP contribution in [-0.4, -0.2) is 46.9 Å². The van der Waals surface area contributed by atoms with E-state index in [4.69, 9.17) is 4.74 Å². The number of hydrogen-bond acceptors (Lipinski definition) is 5. The van der Waals surface area contributed by atoms with Gasteiger partial charge in [-0.1, -0.05) is 221 Å². The van der Waals surface area contributed by atoms with Crippen LogP contribution in [-0.2, 0) is 14.3 Å². The summed E-state index contributed by atoms with van der Waals surface area (Å²) >= 11 is 0. The van der Waals surface area contributed by atoms with E-state index >= 15 is 0 Å². The summed E-state index contributed by atoms with van der Waals surface area (Å²) in [5, 5.41) is 23.7. The number of nitrogens with one attached hydrogen (secondary N) is 1. The van der Waals surface area contributed by atoms with Gasteiger partial charge < -0.3 is 20.3 Å². The summed E-state index contributed by atoms with van der Waals surface area (Å²) in [6.45, 7) is 6.29. The van der Waals surface area contributed by atoms with Crippen molar-refractivity contribution in [2.45, 2.75) is 232 Å². The number of amides is 1. The number of allylic oxidation sites excluding steroid dienone is 14. The zero-order chi connectivity index (χ0) is 43.1. The molecule has 0 aromatic heterocycles. The Labute approximate surface area is 363 Å². The van der Waals surface area contributed by atoms with Crippen molar-refractivity contribution in [1.82, 2.24) is 5.32 Å². The fourth-order valence-corrected chi connectivity index (χ4v) is 6.93. The number of unbranched alkanes of at least 4 members (excludes halogenated alkanes) is 21. The summed E-state index contributed by atoms with van der Waals surface area (Å²) < 4.78 is 5.87. The summed E-state index contributed by atoms with van der Waals surface area (Å²) in [6, 6.07) is -0.731. The van der Waals surface area contributed by atoms with Crippen molar-refractivity contribution in [3.63, 3.8) is 0 Å². The summed E-state index contributed by atoms with van der Waals surface area (Å²) in [5.41, 5.74) is 0. The monoisotopic (exact) mass is 822 g/mol. The Balaban J connectivity index is 4.79. The second-order valence-electron chi connectivity index (χ2n) is 16.3. The largest absolute Gasteiger partial charge is 0.462 e. The summed E-state index contributed by atoms with van der Waals surface area (Å²) in [5.74, 6) is -0.574. The normalized spacial score (nSPS) is 14.1.